The van der Waals surface area contributed by atoms with Crippen LogP contribution in [0.5, 0.6) is 0 Å². The van der Waals surface area contributed by atoms with Crippen LogP contribution in [-0.4, -0.2) is 28.8 Å². The highest BCUT2D eigenvalue weighted by atomic mass is 35.5. The summed E-state index contributed by atoms with van der Waals surface area (Å²) in [6.45, 7) is 3.78. The number of nitrogens with zero attached hydrogens (tertiary/aromatic N) is 2. The van der Waals surface area contributed by atoms with E-state index in [-0.39, 0.29) is 18.7 Å². The van der Waals surface area contributed by atoms with Crippen molar-refractivity contribution in [1.29, 1.82) is 0 Å². The Kier molecular flexibility index (Phi) is 7.36. The average Bonchev–Trinajstić information content (AvgIpc) is 3.02. The molecule has 8 heteroatoms. The first-order valence-corrected chi connectivity index (χ1v) is 10.5. The van der Waals surface area contributed by atoms with Gasteiger partial charge < -0.3 is 10.1 Å². The second-order valence-electron chi connectivity index (χ2n) is 7.14. The van der Waals surface area contributed by atoms with Gasteiger partial charge in [-0.2, -0.15) is 5.10 Å². The van der Waals surface area contributed by atoms with E-state index in [0.29, 0.717) is 15.6 Å². The van der Waals surface area contributed by atoms with Crippen LogP contribution in [0.3, 0.4) is 0 Å². The number of esters is 1. The Labute approximate surface area is 191 Å². The molecule has 0 radical (unpaired) electrons. The summed E-state index contributed by atoms with van der Waals surface area (Å²) in [4.78, 5) is 24.8. The maximum Gasteiger partial charge on any atom is 0.307 e. The lowest BCUT2D eigenvalue weighted by Crippen LogP contribution is -2.32. The van der Waals surface area contributed by atoms with E-state index >= 15 is 0 Å². The standard InChI is InChI=1S/C23H23Cl2N3O3/c1-14-19(15(2)28(27-14)17-10-8-16(24)9-11-17)12-22(29)26-21(13-23(30)31-3)18-6-4-5-7-20(18)25/h4-11,21H,12-13H2,1-3H3,(H,26,29). The van der Waals surface area contributed by atoms with Crippen LogP contribution >= 0.6 is 23.2 Å². The lowest BCUT2D eigenvalue weighted by molar-refractivity contribution is -0.141. The number of amides is 1. The van der Waals surface area contributed by atoms with Gasteiger partial charge in [0.15, 0.2) is 0 Å². The molecule has 6 nitrogen and oxygen atoms in total. The van der Waals surface area contributed by atoms with Gasteiger partial charge in [0.05, 0.1) is 37.4 Å². The fourth-order valence-corrected chi connectivity index (χ4v) is 3.81. The third-order valence-electron chi connectivity index (χ3n) is 5.06. The van der Waals surface area contributed by atoms with Crippen LogP contribution in [-0.2, 0) is 20.7 Å². The maximum absolute atomic E-state index is 12.9. The van der Waals surface area contributed by atoms with E-state index in [9.17, 15) is 9.59 Å². The van der Waals surface area contributed by atoms with Crippen molar-refractivity contribution in [3.63, 3.8) is 0 Å². The van der Waals surface area contributed by atoms with E-state index in [2.05, 4.69) is 10.4 Å². The van der Waals surface area contributed by atoms with E-state index < -0.39 is 12.0 Å². The summed E-state index contributed by atoms with van der Waals surface area (Å²) >= 11 is 12.3. The number of hydrogen-bond donors (Lipinski definition) is 1. The summed E-state index contributed by atoms with van der Waals surface area (Å²) in [6, 6.07) is 13.8. The molecule has 162 valence electrons. The molecule has 1 unspecified atom stereocenters. The summed E-state index contributed by atoms with van der Waals surface area (Å²) in [5, 5.41) is 8.61. The maximum atomic E-state index is 12.9. The Morgan fingerprint density at radius 1 is 1.10 bits per heavy atom. The SMILES string of the molecule is COC(=O)CC(NC(=O)Cc1c(C)nn(-c2ccc(Cl)cc2)c1C)c1ccccc1Cl. The lowest BCUT2D eigenvalue weighted by atomic mass is 10.0. The molecule has 0 saturated carbocycles. The first-order valence-electron chi connectivity index (χ1n) is 9.71. The number of nitrogens with one attached hydrogen (secondary N) is 1. The smallest absolute Gasteiger partial charge is 0.307 e. The van der Waals surface area contributed by atoms with E-state index in [0.717, 1.165) is 22.6 Å². The quantitative estimate of drug-likeness (QED) is 0.516. The molecule has 1 amide bonds. The molecule has 0 aliphatic rings. The van der Waals surface area contributed by atoms with Crippen molar-refractivity contribution in [2.45, 2.75) is 32.7 Å². The summed E-state index contributed by atoms with van der Waals surface area (Å²) < 4.78 is 6.57. The van der Waals surface area contributed by atoms with Gasteiger partial charge in [0.1, 0.15) is 0 Å². The molecule has 2 aromatic carbocycles. The van der Waals surface area contributed by atoms with Gasteiger partial charge in [-0.1, -0.05) is 41.4 Å². The molecule has 0 fully saturated rings. The largest absolute Gasteiger partial charge is 0.469 e. The van der Waals surface area contributed by atoms with E-state index in [1.165, 1.54) is 7.11 Å². The highest BCUT2D eigenvalue weighted by Crippen LogP contribution is 2.26. The van der Waals surface area contributed by atoms with Crippen LogP contribution in [0.2, 0.25) is 10.0 Å². The number of halogens is 2. The minimum Gasteiger partial charge on any atom is -0.469 e. The molecular weight excluding hydrogens is 437 g/mol. The summed E-state index contributed by atoms with van der Waals surface area (Å²) in [7, 11) is 1.31. The van der Waals surface area contributed by atoms with Crippen molar-refractivity contribution in [3.8, 4) is 5.69 Å². The number of aromatic nitrogens is 2. The molecule has 0 spiro atoms. The van der Waals surface area contributed by atoms with Gasteiger partial charge in [-0.25, -0.2) is 4.68 Å². The number of benzene rings is 2. The van der Waals surface area contributed by atoms with Gasteiger partial charge in [-0.3, -0.25) is 9.59 Å². The molecule has 1 heterocycles. The number of carbonyl (C=O) groups excluding carboxylic acids is 2. The normalized spacial score (nSPS) is 11.8. The van der Waals surface area contributed by atoms with Crippen molar-refractivity contribution in [2.24, 2.45) is 0 Å². The molecule has 1 aromatic heterocycles. The van der Waals surface area contributed by atoms with Crippen molar-refractivity contribution in [1.82, 2.24) is 15.1 Å². The number of carbonyl (C=O) groups is 2. The number of ether oxygens (including phenoxy) is 1. The molecule has 0 saturated heterocycles. The zero-order valence-electron chi connectivity index (χ0n) is 17.5. The van der Waals surface area contributed by atoms with Crippen LogP contribution < -0.4 is 5.32 Å². The van der Waals surface area contributed by atoms with Gasteiger partial charge >= 0.3 is 5.97 Å². The Morgan fingerprint density at radius 3 is 2.42 bits per heavy atom. The second-order valence-corrected chi connectivity index (χ2v) is 7.98. The Bertz CT molecular complexity index is 1090. The van der Waals surface area contributed by atoms with Crippen molar-refractivity contribution in [3.05, 3.63) is 81.1 Å². The minimum absolute atomic E-state index is 0.0199. The predicted octanol–water partition coefficient (Wildman–Crippen LogP) is 4.76. The molecule has 1 atom stereocenters. The van der Waals surface area contributed by atoms with Crippen LogP contribution in [0.25, 0.3) is 5.69 Å². The Balaban J connectivity index is 1.82. The van der Waals surface area contributed by atoms with Crippen molar-refractivity contribution < 1.29 is 14.3 Å². The van der Waals surface area contributed by atoms with Crippen molar-refractivity contribution >= 4 is 35.1 Å². The topological polar surface area (TPSA) is 73.2 Å². The average molecular weight is 460 g/mol. The van der Waals surface area contributed by atoms with Gasteiger partial charge in [0.2, 0.25) is 5.91 Å². The molecule has 3 aromatic rings. The van der Waals surface area contributed by atoms with Crippen LogP contribution in [0, 0.1) is 13.8 Å². The monoisotopic (exact) mass is 459 g/mol. The van der Waals surface area contributed by atoms with Gasteiger partial charge in [-0.15, -0.1) is 0 Å². The number of hydrogen-bond acceptors (Lipinski definition) is 4. The zero-order chi connectivity index (χ0) is 22.5. The van der Waals surface area contributed by atoms with E-state index in [1.807, 2.05) is 32.0 Å². The Morgan fingerprint density at radius 2 is 1.77 bits per heavy atom. The van der Waals surface area contributed by atoms with Crippen molar-refractivity contribution in [2.75, 3.05) is 7.11 Å². The van der Waals surface area contributed by atoms with Crippen LogP contribution in [0.15, 0.2) is 48.5 Å². The molecule has 31 heavy (non-hydrogen) atoms. The van der Waals surface area contributed by atoms with Crippen LogP contribution in [0.1, 0.15) is 35.0 Å². The highest BCUT2D eigenvalue weighted by molar-refractivity contribution is 6.31. The third kappa shape index (κ3) is 5.46. The van der Waals surface area contributed by atoms with Gasteiger partial charge in [-0.05, 0) is 49.7 Å². The molecule has 1 N–H and O–H groups in total. The number of methoxy groups -OCH3 is 1. The molecule has 0 aliphatic carbocycles. The molecule has 0 aliphatic heterocycles. The molecule has 3 rings (SSSR count). The highest BCUT2D eigenvalue weighted by Gasteiger charge is 2.23. The van der Waals surface area contributed by atoms with E-state index in [1.54, 1.807) is 35.0 Å². The fraction of sp³-hybridized carbons (Fsp3) is 0.261. The lowest BCUT2D eigenvalue weighted by Gasteiger charge is -2.19. The first-order chi connectivity index (χ1) is 14.8. The Hall–Kier alpha value is -2.83. The molecular formula is C23H23Cl2N3O3. The first kappa shape index (κ1) is 22.8. The van der Waals surface area contributed by atoms with Crippen LogP contribution in [0.4, 0.5) is 0 Å². The third-order valence-corrected chi connectivity index (χ3v) is 5.66. The fourth-order valence-electron chi connectivity index (χ4n) is 3.42. The zero-order valence-corrected chi connectivity index (χ0v) is 19.0. The number of aryl methyl sites for hydroxylation is 1. The minimum atomic E-state index is -0.597. The van der Waals surface area contributed by atoms with Gasteiger partial charge in [0.25, 0.3) is 0 Å². The summed E-state index contributed by atoms with van der Waals surface area (Å²) in [5.74, 6) is -0.677. The summed E-state index contributed by atoms with van der Waals surface area (Å²) in [6.07, 6.45) is 0.0986. The van der Waals surface area contributed by atoms with Gasteiger partial charge in [0, 0.05) is 21.3 Å². The summed E-state index contributed by atoms with van der Waals surface area (Å²) in [5.41, 5.74) is 3.95. The predicted molar refractivity (Wildman–Crippen MR) is 121 cm³/mol. The van der Waals surface area contributed by atoms with E-state index in [4.69, 9.17) is 27.9 Å². The molecule has 0 bridgehead atoms. The number of rotatable bonds is 7. The second kappa shape index (κ2) is 9.98.